The van der Waals surface area contributed by atoms with Gasteiger partial charge in [0.2, 0.25) is 0 Å². The van der Waals surface area contributed by atoms with Gasteiger partial charge in [0.1, 0.15) is 11.7 Å². The van der Waals surface area contributed by atoms with Crippen LogP contribution in [0.1, 0.15) is 32.9 Å². The van der Waals surface area contributed by atoms with Crippen LogP contribution in [0.5, 0.6) is 0 Å². The molecule has 0 amide bonds. The number of amidine groups is 1. The number of para-hydroxylation sites is 1. The number of fused-ring (bicyclic) bond motifs is 1. The lowest BCUT2D eigenvalue weighted by Crippen LogP contribution is -2.12. The smallest absolute Gasteiger partial charge is 0.337 e. The van der Waals surface area contributed by atoms with E-state index in [1.807, 2.05) is 77.4 Å². The zero-order chi connectivity index (χ0) is 25.1. The van der Waals surface area contributed by atoms with E-state index >= 15 is 0 Å². The number of rotatable bonds is 8. The average Bonchev–Trinajstić information content (AvgIpc) is 3.25. The van der Waals surface area contributed by atoms with Crippen LogP contribution in [0.3, 0.4) is 0 Å². The molecule has 6 nitrogen and oxygen atoms in total. The highest BCUT2D eigenvalue weighted by Crippen LogP contribution is 2.26. The van der Waals surface area contributed by atoms with Crippen LogP contribution in [0.15, 0.2) is 97.1 Å². The summed E-state index contributed by atoms with van der Waals surface area (Å²) < 4.78 is 2.03. The maximum Gasteiger partial charge on any atom is 0.337 e. The summed E-state index contributed by atoms with van der Waals surface area (Å²) in [5, 5.41) is 17.7. The molecule has 1 aromatic heterocycles. The summed E-state index contributed by atoms with van der Waals surface area (Å²) in [5.74, 6) is -0.0788. The quantitative estimate of drug-likeness (QED) is 0.203. The second kappa shape index (κ2) is 9.88. The average molecular weight is 475 g/mol. The summed E-state index contributed by atoms with van der Waals surface area (Å²) in [7, 11) is 0. The molecule has 0 atom stereocenters. The molecule has 5 aromatic rings. The number of carboxylic acid groups (broad SMARTS) is 1. The van der Waals surface area contributed by atoms with Gasteiger partial charge in [-0.15, -0.1) is 0 Å². The molecule has 4 N–H and O–H groups in total. The van der Waals surface area contributed by atoms with Crippen LogP contribution >= 0.6 is 0 Å². The molecule has 0 saturated carbocycles. The van der Waals surface area contributed by atoms with Crippen LogP contribution in [0.4, 0.5) is 0 Å². The zero-order valence-corrected chi connectivity index (χ0v) is 19.7. The molecule has 0 aliphatic carbocycles. The second-order valence-electron chi connectivity index (χ2n) is 8.73. The number of imidazole rings is 1. The molecule has 1 heterocycles. The first-order valence-corrected chi connectivity index (χ1v) is 11.8. The number of hydrogen-bond donors (Lipinski definition) is 3. The van der Waals surface area contributed by atoms with Gasteiger partial charge in [-0.2, -0.15) is 0 Å². The minimum absolute atomic E-state index is 0.0313. The third-order valence-electron chi connectivity index (χ3n) is 6.38. The lowest BCUT2D eigenvalue weighted by molar-refractivity contribution is 0.0698. The van der Waals surface area contributed by atoms with E-state index in [1.54, 1.807) is 12.1 Å². The summed E-state index contributed by atoms with van der Waals surface area (Å²) in [6.45, 7) is 0.500. The summed E-state index contributed by atoms with van der Waals surface area (Å²) in [4.78, 5) is 16.9. The van der Waals surface area contributed by atoms with Gasteiger partial charge in [-0.25, -0.2) is 9.78 Å². The van der Waals surface area contributed by atoms with Crippen LogP contribution in [0.25, 0.3) is 22.2 Å². The number of carboxylic acids is 1. The molecule has 0 unspecified atom stereocenters. The van der Waals surface area contributed by atoms with Gasteiger partial charge in [0.15, 0.2) is 0 Å². The first kappa shape index (κ1) is 23.1. The SMILES string of the molecule is N=C(N)c1ccccc1-c1ccc(Cn2c(CCc3ccccc3)nc3cccc(C(=O)O)c32)cc1. The molecule has 0 saturated heterocycles. The van der Waals surface area contributed by atoms with Crippen molar-refractivity contribution in [3.05, 3.63) is 125 Å². The highest BCUT2D eigenvalue weighted by Gasteiger charge is 2.18. The molecule has 0 spiro atoms. The van der Waals surface area contributed by atoms with Gasteiger partial charge >= 0.3 is 5.97 Å². The number of aromatic nitrogens is 2. The van der Waals surface area contributed by atoms with Crippen molar-refractivity contribution >= 4 is 22.8 Å². The Labute approximate surface area is 209 Å². The van der Waals surface area contributed by atoms with Gasteiger partial charge in [-0.05, 0) is 40.8 Å². The summed E-state index contributed by atoms with van der Waals surface area (Å²) in [5.41, 5.74) is 12.2. The van der Waals surface area contributed by atoms with Crippen LogP contribution in [0.2, 0.25) is 0 Å². The molecular formula is C30H26N4O2. The number of nitrogens with one attached hydrogen (secondary N) is 1. The number of nitrogen functional groups attached to an aromatic ring is 1. The Bertz CT molecular complexity index is 1550. The van der Waals surface area contributed by atoms with Crippen LogP contribution in [0, 0.1) is 5.41 Å². The van der Waals surface area contributed by atoms with Gasteiger partial charge < -0.3 is 15.4 Å². The van der Waals surface area contributed by atoms with Gasteiger partial charge in [0.05, 0.1) is 16.6 Å². The van der Waals surface area contributed by atoms with Gasteiger partial charge in [-0.1, -0.05) is 84.9 Å². The molecule has 0 bridgehead atoms. The van der Waals surface area contributed by atoms with Crippen molar-refractivity contribution in [3.8, 4) is 11.1 Å². The minimum atomic E-state index is -0.965. The maximum atomic E-state index is 12.0. The topological polar surface area (TPSA) is 105 Å². The third-order valence-corrected chi connectivity index (χ3v) is 6.38. The molecule has 36 heavy (non-hydrogen) atoms. The number of benzene rings is 4. The third kappa shape index (κ3) is 4.61. The number of nitrogens with two attached hydrogens (primary N) is 1. The number of nitrogens with zero attached hydrogens (tertiary/aromatic N) is 2. The predicted octanol–water partition coefficient (Wildman–Crippen LogP) is 5.52. The number of aromatic carboxylic acids is 1. The Kier molecular flexibility index (Phi) is 6.33. The molecular weight excluding hydrogens is 448 g/mol. The van der Waals surface area contributed by atoms with Gasteiger partial charge in [-0.3, -0.25) is 5.41 Å². The molecule has 0 radical (unpaired) electrons. The van der Waals surface area contributed by atoms with Crippen molar-refractivity contribution in [2.45, 2.75) is 19.4 Å². The number of aryl methyl sites for hydroxylation is 2. The largest absolute Gasteiger partial charge is 0.478 e. The molecule has 6 heteroatoms. The van der Waals surface area contributed by atoms with Crippen LogP contribution in [-0.2, 0) is 19.4 Å². The molecule has 0 fully saturated rings. The normalized spacial score (nSPS) is 11.0. The van der Waals surface area contributed by atoms with E-state index in [0.717, 1.165) is 28.9 Å². The van der Waals surface area contributed by atoms with E-state index in [4.69, 9.17) is 16.1 Å². The molecule has 0 aliphatic heterocycles. The predicted molar refractivity (Wildman–Crippen MR) is 143 cm³/mol. The molecule has 5 rings (SSSR count). The van der Waals surface area contributed by atoms with Crippen LogP contribution in [-0.4, -0.2) is 26.5 Å². The number of hydrogen-bond acceptors (Lipinski definition) is 3. The lowest BCUT2D eigenvalue weighted by Gasteiger charge is -2.13. The fraction of sp³-hybridized carbons (Fsp3) is 0.100. The van der Waals surface area contributed by atoms with Crippen molar-refractivity contribution in [2.24, 2.45) is 5.73 Å². The van der Waals surface area contributed by atoms with E-state index < -0.39 is 5.97 Å². The summed E-state index contributed by atoms with van der Waals surface area (Å²) in [6.07, 6.45) is 1.51. The van der Waals surface area contributed by atoms with Crippen molar-refractivity contribution in [3.63, 3.8) is 0 Å². The lowest BCUT2D eigenvalue weighted by atomic mass is 9.98. The van der Waals surface area contributed by atoms with E-state index in [2.05, 4.69) is 12.1 Å². The standard InChI is InChI=1S/C30H26N4O2/c31-29(32)24-10-5-4-9-23(24)22-16-13-21(14-17-22)19-34-27(18-15-20-7-2-1-3-8-20)33-26-12-6-11-25(28(26)34)30(35)36/h1-14,16-17H,15,18-19H2,(H3,31,32)(H,35,36). The summed E-state index contributed by atoms with van der Waals surface area (Å²) in [6, 6.07) is 31.1. The van der Waals surface area contributed by atoms with E-state index in [9.17, 15) is 9.90 Å². The molecule has 178 valence electrons. The Balaban J connectivity index is 1.51. The fourth-order valence-electron chi connectivity index (χ4n) is 4.61. The van der Waals surface area contributed by atoms with E-state index in [1.165, 1.54) is 5.56 Å². The minimum Gasteiger partial charge on any atom is -0.478 e. The van der Waals surface area contributed by atoms with Crippen molar-refractivity contribution < 1.29 is 9.90 Å². The Morgan fingerprint density at radius 3 is 2.22 bits per heavy atom. The number of carbonyl (C=O) groups is 1. The maximum absolute atomic E-state index is 12.0. The highest BCUT2D eigenvalue weighted by atomic mass is 16.4. The van der Waals surface area contributed by atoms with Crippen molar-refractivity contribution in [2.75, 3.05) is 0 Å². The Morgan fingerprint density at radius 1 is 0.806 bits per heavy atom. The Morgan fingerprint density at radius 2 is 1.50 bits per heavy atom. The second-order valence-corrected chi connectivity index (χ2v) is 8.73. The Hall–Kier alpha value is -4.71. The molecule has 4 aromatic carbocycles. The first-order valence-electron chi connectivity index (χ1n) is 11.8. The summed E-state index contributed by atoms with van der Waals surface area (Å²) >= 11 is 0. The van der Waals surface area contributed by atoms with Gasteiger partial charge in [0.25, 0.3) is 0 Å². The monoisotopic (exact) mass is 474 g/mol. The van der Waals surface area contributed by atoms with Crippen molar-refractivity contribution in [1.29, 1.82) is 5.41 Å². The highest BCUT2D eigenvalue weighted by molar-refractivity contribution is 6.02. The van der Waals surface area contributed by atoms with Crippen LogP contribution < -0.4 is 5.73 Å². The fourth-order valence-corrected chi connectivity index (χ4v) is 4.61. The van der Waals surface area contributed by atoms with Gasteiger partial charge in [0, 0.05) is 18.5 Å². The van der Waals surface area contributed by atoms with Crippen molar-refractivity contribution in [1.82, 2.24) is 9.55 Å². The van der Waals surface area contributed by atoms with E-state index in [-0.39, 0.29) is 11.4 Å². The first-order chi connectivity index (χ1) is 17.5. The molecule has 0 aliphatic rings. The van der Waals surface area contributed by atoms with E-state index in [0.29, 0.717) is 29.6 Å². The zero-order valence-electron chi connectivity index (χ0n) is 19.7.